The number of benzene rings is 3. The Morgan fingerprint density at radius 2 is 1.09 bits per heavy atom. The van der Waals surface area contributed by atoms with Gasteiger partial charge in [-0.1, -0.05) is 73.3 Å². The Balaban J connectivity index is 2.04. The Bertz CT molecular complexity index is 786. The van der Waals surface area contributed by atoms with Gasteiger partial charge >= 0.3 is 0 Å². The van der Waals surface area contributed by atoms with E-state index >= 15 is 0 Å². The Morgan fingerprint density at radius 3 is 1.52 bits per heavy atom. The van der Waals surface area contributed by atoms with Gasteiger partial charge in [0.15, 0.2) is 0 Å². The Morgan fingerprint density at radius 1 is 0.696 bits per heavy atom. The molecule has 3 aromatic rings. The monoisotopic (exact) mass is 318 g/mol. The molecular weight excluding hydrogens is 301 g/mol. The van der Waals surface area contributed by atoms with Gasteiger partial charge in [-0.05, 0) is 29.8 Å². The molecule has 0 aromatic heterocycles. The maximum Gasteiger partial charge on any atom is 0.247 e. The van der Waals surface area contributed by atoms with Crippen molar-refractivity contribution in [2.45, 2.75) is 0 Å². The third-order valence-electron chi connectivity index (χ3n) is 3.58. The Labute approximate surface area is 136 Å². The van der Waals surface area contributed by atoms with Gasteiger partial charge in [0.1, 0.15) is 0 Å². The zero-order valence-electron chi connectivity index (χ0n) is 12.7. The topological polar surface area (TPSA) is 31.2 Å². The summed E-state index contributed by atoms with van der Waals surface area (Å²) in [5.41, 5.74) is 1.40. The lowest BCUT2D eigenvalue weighted by molar-refractivity contribution is 0.584. The van der Waals surface area contributed by atoms with Crippen LogP contribution in [0.25, 0.3) is 5.70 Å². The van der Waals surface area contributed by atoms with Crippen LogP contribution in [0.2, 0.25) is 0 Å². The molecule has 3 aromatic carbocycles. The van der Waals surface area contributed by atoms with E-state index in [-0.39, 0.29) is 0 Å². The van der Waals surface area contributed by atoms with Gasteiger partial charge in [-0.25, -0.2) is 5.09 Å². The summed E-state index contributed by atoms with van der Waals surface area (Å²) in [6.45, 7) is 4.02. The van der Waals surface area contributed by atoms with Gasteiger partial charge in [0.05, 0.1) is 5.70 Å². The lowest BCUT2D eigenvalue weighted by Crippen LogP contribution is -2.22. The van der Waals surface area contributed by atoms with Crippen LogP contribution in [0.15, 0.2) is 97.6 Å². The molecule has 0 amide bonds. The van der Waals surface area contributed by atoms with E-state index in [1.165, 1.54) is 0 Å². The van der Waals surface area contributed by atoms with E-state index in [2.05, 4.69) is 11.7 Å². The summed E-state index contributed by atoms with van der Waals surface area (Å²) in [6.07, 6.45) is 0. The van der Waals surface area contributed by atoms with Crippen LogP contribution in [0.4, 0.5) is 0 Å². The molecule has 0 aliphatic carbocycles. The Kier molecular flexibility index (Phi) is 4.45. The highest BCUT2D eigenvalue weighted by Crippen LogP contribution is 2.43. The summed E-state index contributed by atoms with van der Waals surface area (Å²) in [7, 11) is -3.12. The molecule has 1 radical (unpaired) electrons. The normalized spacial score (nSPS) is 11.0. The van der Waals surface area contributed by atoms with Crippen molar-refractivity contribution in [2.24, 2.45) is 0 Å². The summed E-state index contributed by atoms with van der Waals surface area (Å²) in [4.78, 5) is 0. The van der Waals surface area contributed by atoms with E-state index in [0.717, 1.165) is 5.56 Å². The molecule has 0 saturated carbocycles. The molecule has 3 heteroatoms. The summed E-state index contributed by atoms with van der Waals surface area (Å²) < 4.78 is 13.8. The van der Waals surface area contributed by atoms with Crippen LogP contribution < -0.4 is 15.7 Å². The van der Waals surface area contributed by atoms with Crippen molar-refractivity contribution in [3.8, 4) is 0 Å². The predicted molar refractivity (Wildman–Crippen MR) is 97.4 cm³/mol. The maximum atomic E-state index is 13.8. The van der Waals surface area contributed by atoms with Gasteiger partial charge in [0.25, 0.3) is 0 Å². The summed E-state index contributed by atoms with van der Waals surface area (Å²) >= 11 is 0. The van der Waals surface area contributed by atoms with E-state index < -0.39 is 7.29 Å². The second-order valence-electron chi connectivity index (χ2n) is 5.16. The fourth-order valence-electron chi connectivity index (χ4n) is 2.38. The van der Waals surface area contributed by atoms with Crippen LogP contribution in [0, 0.1) is 0 Å². The highest BCUT2D eigenvalue weighted by Gasteiger charge is 2.29. The maximum absolute atomic E-state index is 13.8. The van der Waals surface area contributed by atoms with Crippen LogP contribution in [-0.2, 0) is 4.57 Å². The van der Waals surface area contributed by atoms with Crippen molar-refractivity contribution >= 4 is 23.6 Å². The van der Waals surface area contributed by atoms with Gasteiger partial charge in [-0.15, -0.1) is 0 Å². The lowest BCUT2D eigenvalue weighted by atomic mass is 10.2. The van der Waals surface area contributed by atoms with Crippen LogP contribution in [0.3, 0.4) is 0 Å². The first-order valence-electron chi connectivity index (χ1n) is 7.39. The number of rotatable bonds is 5. The van der Waals surface area contributed by atoms with Crippen LogP contribution in [-0.4, -0.2) is 0 Å². The Hall–Kier alpha value is -2.57. The van der Waals surface area contributed by atoms with Crippen molar-refractivity contribution in [1.29, 1.82) is 0 Å². The standard InChI is InChI=1S/C20H17NOP/c1-17(18-11-5-2-6-12-18)21-23(22,19-13-7-3-8-14-19)20-15-9-4-10-16-20/h2-16H,1H2. The molecule has 0 aliphatic heterocycles. The fraction of sp³-hybridized carbons (Fsp3) is 0. The summed E-state index contributed by atoms with van der Waals surface area (Å²) in [5.74, 6) is 0. The molecule has 0 atom stereocenters. The van der Waals surface area contributed by atoms with E-state index in [4.69, 9.17) is 0 Å². The predicted octanol–water partition coefficient (Wildman–Crippen LogP) is 4.19. The summed E-state index contributed by atoms with van der Waals surface area (Å²) in [6, 6.07) is 28.4. The molecule has 3 rings (SSSR count). The molecule has 0 unspecified atom stereocenters. The lowest BCUT2D eigenvalue weighted by Gasteiger charge is -2.20. The highest BCUT2D eigenvalue weighted by atomic mass is 31.2. The molecule has 0 saturated heterocycles. The molecule has 23 heavy (non-hydrogen) atoms. The molecule has 0 spiro atoms. The minimum atomic E-state index is -3.12. The van der Waals surface area contributed by atoms with Crippen molar-refractivity contribution in [2.75, 3.05) is 0 Å². The van der Waals surface area contributed by atoms with Crippen LogP contribution in [0.1, 0.15) is 5.56 Å². The first kappa shape index (κ1) is 15.3. The van der Waals surface area contributed by atoms with Gasteiger partial charge in [0.2, 0.25) is 7.29 Å². The zero-order chi connectivity index (χ0) is 16.1. The minimum Gasteiger partial charge on any atom is -0.288 e. The number of hydrogen-bond acceptors (Lipinski definition) is 1. The van der Waals surface area contributed by atoms with Crippen molar-refractivity contribution < 1.29 is 4.57 Å². The molecule has 113 valence electrons. The molecule has 0 heterocycles. The third kappa shape index (κ3) is 3.28. The van der Waals surface area contributed by atoms with Crippen LogP contribution in [0.5, 0.6) is 0 Å². The molecule has 2 nitrogen and oxygen atoms in total. The van der Waals surface area contributed by atoms with Crippen LogP contribution >= 0.6 is 7.29 Å². The first-order valence-corrected chi connectivity index (χ1v) is 9.05. The van der Waals surface area contributed by atoms with Gasteiger partial charge in [-0.2, -0.15) is 0 Å². The van der Waals surface area contributed by atoms with Gasteiger partial charge in [-0.3, -0.25) is 4.57 Å². The minimum absolute atomic E-state index is 0.529. The average Bonchev–Trinajstić information content (AvgIpc) is 2.64. The SMILES string of the molecule is C=C([N]P(=O)(c1ccccc1)c1ccccc1)c1ccccc1. The molecular formula is C20H17NOP. The fourth-order valence-corrected chi connectivity index (χ4v) is 4.52. The van der Waals surface area contributed by atoms with Crippen molar-refractivity contribution in [1.82, 2.24) is 5.09 Å². The van der Waals surface area contributed by atoms with Gasteiger partial charge < -0.3 is 0 Å². The summed E-state index contributed by atoms with van der Waals surface area (Å²) in [5, 5.41) is 6.00. The number of nitrogens with zero attached hydrogens (tertiary/aromatic N) is 1. The van der Waals surface area contributed by atoms with Gasteiger partial charge in [0, 0.05) is 10.6 Å². The quantitative estimate of drug-likeness (QED) is 0.649. The second kappa shape index (κ2) is 6.68. The zero-order valence-corrected chi connectivity index (χ0v) is 13.6. The van der Waals surface area contributed by atoms with Crippen molar-refractivity contribution in [3.63, 3.8) is 0 Å². The van der Waals surface area contributed by atoms with E-state index in [1.54, 1.807) is 0 Å². The average molecular weight is 318 g/mol. The molecule has 0 N–H and O–H groups in total. The third-order valence-corrected chi connectivity index (χ3v) is 6.10. The largest absolute Gasteiger partial charge is 0.288 e. The highest BCUT2D eigenvalue weighted by molar-refractivity contribution is 7.77. The molecule has 0 bridgehead atoms. The van der Waals surface area contributed by atoms with E-state index in [0.29, 0.717) is 16.3 Å². The second-order valence-corrected chi connectivity index (χ2v) is 7.54. The molecule has 0 aliphatic rings. The smallest absolute Gasteiger partial charge is 0.247 e. The number of hydrogen-bond donors (Lipinski definition) is 0. The first-order chi connectivity index (χ1) is 11.2. The molecule has 0 fully saturated rings. The van der Waals surface area contributed by atoms with E-state index in [1.807, 2.05) is 91.0 Å². The van der Waals surface area contributed by atoms with E-state index in [9.17, 15) is 4.57 Å². The van der Waals surface area contributed by atoms with Crippen molar-refractivity contribution in [3.05, 3.63) is 103 Å².